The van der Waals surface area contributed by atoms with Gasteiger partial charge in [-0.15, -0.1) is 11.8 Å². The van der Waals surface area contributed by atoms with Crippen molar-refractivity contribution in [1.82, 2.24) is 4.98 Å². The van der Waals surface area contributed by atoms with Crippen LogP contribution in [0.5, 0.6) is 5.75 Å². The van der Waals surface area contributed by atoms with Gasteiger partial charge >= 0.3 is 0 Å². The number of amides is 1. The fourth-order valence-corrected chi connectivity index (χ4v) is 6.17. The number of thioether (sulfide) groups is 1. The van der Waals surface area contributed by atoms with Crippen LogP contribution >= 0.6 is 23.1 Å². The van der Waals surface area contributed by atoms with Crippen LogP contribution < -0.4 is 9.64 Å². The highest BCUT2D eigenvalue weighted by Gasteiger charge is 2.26. The number of thiazole rings is 1. The zero-order valence-corrected chi connectivity index (χ0v) is 21.0. The predicted molar refractivity (Wildman–Crippen MR) is 132 cm³/mol. The minimum Gasteiger partial charge on any atom is -0.497 e. The van der Waals surface area contributed by atoms with Crippen LogP contribution in [-0.2, 0) is 19.4 Å². The smallest absolute Gasteiger partial charge is 0.229 e. The SMILES string of the molecule is COc1ccc(SCCC(=O)N(CC2CCCO2)c2nc3ccc(S(C)(=O)=O)cc3s2)cc1. The summed E-state index contributed by atoms with van der Waals surface area (Å²) in [4.78, 5) is 20.9. The number of anilines is 1. The molecule has 1 unspecified atom stereocenters. The Kier molecular flexibility index (Phi) is 7.58. The Bertz CT molecular complexity index is 1220. The van der Waals surface area contributed by atoms with Gasteiger partial charge in [0.15, 0.2) is 15.0 Å². The maximum atomic E-state index is 13.2. The molecule has 1 aliphatic rings. The monoisotopic (exact) mass is 506 g/mol. The van der Waals surface area contributed by atoms with Gasteiger partial charge in [0.25, 0.3) is 0 Å². The Morgan fingerprint density at radius 3 is 2.73 bits per heavy atom. The second kappa shape index (κ2) is 10.4. The summed E-state index contributed by atoms with van der Waals surface area (Å²) >= 11 is 2.95. The topological polar surface area (TPSA) is 85.8 Å². The van der Waals surface area contributed by atoms with Gasteiger partial charge in [0, 0.05) is 29.9 Å². The van der Waals surface area contributed by atoms with Crippen LogP contribution in [0.1, 0.15) is 19.3 Å². The molecular formula is C23H26N2O5S3. The lowest BCUT2D eigenvalue weighted by atomic mass is 10.2. The maximum Gasteiger partial charge on any atom is 0.229 e. The molecule has 10 heteroatoms. The number of methoxy groups -OCH3 is 1. The van der Waals surface area contributed by atoms with Crippen LogP contribution in [0.15, 0.2) is 52.3 Å². The summed E-state index contributed by atoms with van der Waals surface area (Å²) in [6.45, 7) is 1.16. The van der Waals surface area contributed by atoms with Crippen molar-refractivity contribution in [2.45, 2.75) is 35.2 Å². The standard InChI is InChI=1S/C23H26N2O5S3/c1-29-16-5-7-18(8-6-16)31-13-11-22(26)25(15-17-4-3-12-30-17)23-24-20-10-9-19(33(2,27)28)14-21(20)32-23/h5-10,14,17H,3-4,11-13,15H2,1-2H3. The Labute approximate surface area is 202 Å². The lowest BCUT2D eigenvalue weighted by Crippen LogP contribution is -2.37. The first-order chi connectivity index (χ1) is 15.8. The molecule has 2 heterocycles. The quantitative estimate of drug-likeness (QED) is 0.398. The molecular weight excluding hydrogens is 480 g/mol. The van der Waals surface area contributed by atoms with E-state index in [2.05, 4.69) is 4.98 Å². The molecule has 1 aromatic heterocycles. The first-order valence-corrected chi connectivity index (χ1v) is 14.3. The van der Waals surface area contributed by atoms with E-state index in [0.717, 1.165) is 28.2 Å². The number of carbonyl (C=O) groups excluding carboxylic acids is 1. The van der Waals surface area contributed by atoms with Gasteiger partial charge in [0.05, 0.1) is 34.9 Å². The lowest BCUT2D eigenvalue weighted by Gasteiger charge is -2.23. The van der Waals surface area contributed by atoms with E-state index in [0.29, 0.717) is 36.0 Å². The number of hydrogen-bond acceptors (Lipinski definition) is 8. The van der Waals surface area contributed by atoms with Crippen LogP contribution in [0.2, 0.25) is 0 Å². The number of carbonyl (C=O) groups is 1. The molecule has 0 spiro atoms. The van der Waals surface area contributed by atoms with E-state index in [9.17, 15) is 13.2 Å². The second-order valence-electron chi connectivity index (χ2n) is 7.81. The van der Waals surface area contributed by atoms with Crippen molar-refractivity contribution in [3.63, 3.8) is 0 Å². The number of fused-ring (bicyclic) bond motifs is 1. The number of rotatable bonds is 9. The number of ether oxygens (including phenoxy) is 2. The van der Waals surface area contributed by atoms with Gasteiger partial charge in [-0.25, -0.2) is 13.4 Å². The largest absolute Gasteiger partial charge is 0.497 e. The molecule has 33 heavy (non-hydrogen) atoms. The predicted octanol–water partition coefficient (Wildman–Crippen LogP) is 4.40. The van der Waals surface area contributed by atoms with E-state index in [4.69, 9.17) is 9.47 Å². The fraction of sp³-hybridized carbons (Fsp3) is 0.391. The molecule has 0 saturated carbocycles. The highest BCUT2D eigenvalue weighted by Crippen LogP contribution is 2.32. The molecule has 4 rings (SSSR count). The summed E-state index contributed by atoms with van der Waals surface area (Å²) in [5.41, 5.74) is 0.681. The van der Waals surface area contributed by atoms with Gasteiger partial charge in [0.2, 0.25) is 5.91 Å². The summed E-state index contributed by atoms with van der Waals surface area (Å²) in [6.07, 6.45) is 3.42. The molecule has 1 atom stereocenters. The molecule has 176 valence electrons. The summed E-state index contributed by atoms with van der Waals surface area (Å²) in [5.74, 6) is 1.41. The van der Waals surface area contributed by atoms with E-state index in [-0.39, 0.29) is 16.9 Å². The Morgan fingerprint density at radius 1 is 1.27 bits per heavy atom. The van der Waals surface area contributed by atoms with E-state index in [1.165, 1.54) is 17.6 Å². The summed E-state index contributed by atoms with van der Waals surface area (Å²) in [6, 6.07) is 12.6. The Hall–Kier alpha value is -2.14. The molecule has 0 aliphatic carbocycles. The summed E-state index contributed by atoms with van der Waals surface area (Å²) in [5, 5.41) is 0.575. The van der Waals surface area contributed by atoms with Crippen LogP contribution in [0.4, 0.5) is 5.13 Å². The molecule has 1 saturated heterocycles. The van der Waals surface area contributed by atoms with Crippen LogP contribution in [0.25, 0.3) is 10.2 Å². The molecule has 0 N–H and O–H groups in total. The van der Waals surface area contributed by atoms with Crippen molar-refractivity contribution in [2.24, 2.45) is 0 Å². The number of benzene rings is 2. The van der Waals surface area contributed by atoms with Gasteiger partial charge in [-0.1, -0.05) is 11.3 Å². The van der Waals surface area contributed by atoms with E-state index in [1.54, 1.807) is 42.0 Å². The number of hydrogen-bond donors (Lipinski definition) is 0. The Balaban J connectivity index is 1.50. The van der Waals surface area contributed by atoms with Crippen molar-refractivity contribution >= 4 is 54.2 Å². The molecule has 1 amide bonds. The van der Waals surface area contributed by atoms with Gasteiger partial charge in [-0.3, -0.25) is 9.69 Å². The first kappa shape index (κ1) is 24.0. The molecule has 1 aliphatic heterocycles. The third-order valence-electron chi connectivity index (χ3n) is 5.36. The van der Waals surface area contributed by atoms with E-state index < -0.39 is 9.84 Å². The normalized spacial score (nSPS) is 16.2. The molecule has 1 fully saturated rings. The zero-order valence-electron chi connectivity index (χ0n) is 18.5. The van der Waals surface area contributed by atoms with Gasteiger partial charge in [-0.2, -0.15) is 0 Å². The van der Waals surface area contributed by atoms with Crippen molar-refractivity contribution in [2.75, 3.05) is 37.2 Å². The number of sulfone groups is 1. The highest BCUT2D eigenvalue weighted by molar-refractivity contribution is 7.99. The van der Waals surface area contributed by atoms with Gasteiger partial charge < -0.3 is 9.47 Å². The second-order valence-corrected chi connectivity index (χ2v) is 12.0. The Morgan fingerprint density at radius 2 is 2.06 bits per heavy atom. The van der Waals surface area contributed by atoms with Crippen molar-refractivity contribution in [3.05, 3.63) is 42.5 Å². The van der Waals surface area contributed by atoms with Crippen LogP contribution in [0, 0.1) is 0 Å². The minimum absolute atomic E-state index is 0.0122. The van der Waals surface area contributed by atoms with Gasteiger partial charge in [0.1, 0.15) is 5.75 Å². The van der Waals surface area contributed by atoms with Crippen molar-refractivity contribution < 1.29 is 22.7 Å². The maximum absolute atomic E-state index is 13.2. The third kappa shape index (κ3) is 6.06. The first-order valence-electron chi connectivity index (χ1n) is 10.6. The van der Waals surface area contributed by atoms with Crippen molar-refractivity contribution in [3.8, 4) is 5.75 Å². The fourth-order valence-electron chi connectivity index (χ4n) is 3.58. The minimum atomic E-state index is -3.32. The average Bonchev–Trinajstić information content (AvgIpc) is 3.46. The summed E-state index contributed by atoms with van der Waals surface area (Å²) < 4.78 is 35.5. The van der Waals surface area contributed by atoms with E-state index >= 15 is 0 Å². The highest BCUT2D eigenvalue weighted by atomic mass is 32.2. The number of nitrogens with zero attached hydrogens (tertiary/aromatic N) is 2. The lowest BCUT2D eigenvalue weighted by molar-refractivity contribution is -0.118. The summed E-state index contributed by atoms with van der Waals surface area (Å²) in [7, 11) is -1.68. The molecule has 3 aromatic rings. The van der Waals surface area contributed by atoms with Crippen molar-refractivity contribution in [1.29, 1.82) is 0 Å². The van der Waals surface area contributed by atoms with E-state index in [1.807, 2.05) is 24.3 Å². The van der Waals surface area contributed by atoms with Crippen LogP contribution in [-0.4, -0.2) is 57.7 Å². The molecule has 0 radical (unpaired) electrons. The molecule has 7 nitrogen and oxygen atoms in total. The van der Waals surface area contributed by atoms with Crippen LogP contribution in [0.3, 0.4) is 0 Å². The zero-order chi connectivity index (χ0) is 23.4. The number of aromatic nitrogens is 1. The molecule has 0 bridgehead atoms. The third-order valence-corrected chi connectivity index (χ3v) is 8.53. The van der Waals surface area contributed by atoms with Gasteiger partial charge in [-0.05, 0) is 55.3 Å². The molecule has 2 aromatic carbocycles. The average molecular weight is 507 g/mol.